The molecule has 4 nitrogen and oxygen atoms in total. The van der Waals surface area contributed by atoms with Gasteiger partial charge in [0.25, 0.3) is 5.91 Å². The Labute approximate surface area is 103 Å². The van der Waals surface area contributed by atoms with E-state index in [1.165, 1.54) is 0 Å². The molecule has 0 radical (unpaired) electrons. The summed E-state index contributed by atoms with van der Waals surface area (Å²) in [4.78, 5) is 12.0. The number of hydrazine groups is 1. The van der Waals surface area contributed by atoms with E-state index < -0.39 is 0 Å². The summed E-state index contributed by atoms with van der Waals surface area (Å²) in [5.74, 6) is 5.30. The fourth-order valence-electron chi connectivity index (χ4n) is 1.76. The van der Waals surface area contributed by atoms with Crippen molar-refractivity contribution in [1.29, 1.82) is 0 Å². The molecule has 0 unspecified atom stereocenters. The average molecular weight is 235 g/mol. The zero-order valence-electron chi connectivity index (χ0n) is 10.7. The molecule has 4 N–H and O–H groups in total. The zero-order valence-corrected chi connectivity index (χ0v) is 10.7. The number of aryl methyl sites for hydroxylation is 1. The lowest BCUT2D eigenvalue weighted by molar-refractivity contribution is 0.0934. The minimum atomic E-state index is -0.0141. The first-order chi connectivity index (χ1) is 8.12. The largest absolute Gasteiger partial charge is 0.349 e. The quantitative estimate of drug-likeness (QED) is 0.541. The third-order valence-electron chi connectivity index (χ3n) is 2.96. The molecular weight excluding hydrogens is 214 g/mol. The van der Waals surface area contributed by atoms with E-state index in [1.807, 2.05) is 13.0 Å². The number of carbonyl (C=O) groups is 1. The molecule has 17 heavy (non-hydrogen) atoms. The molecule has 1 aromatic rings. The van der Waals surface area contributed by atoms with E-state index in [9.17, 15) is 4.79 Å². The maximum Gasteiger partial charge on any atom is 0.251 e. The molecule has 0 heterocycles. The summed E-state index contributed by atoms with van der Waals surface area (Å²) >= 11 is 0. The molecule has 0 atom stereocenters. The SMILES string of the molecule is CCC(CC)NC(=O)c1ccc(NN)cc1C. The first-order valence-electron chi connectivity index (χ1n) is 6.00. The lowest BCUT2D eigenvalue weighted by Crippen LogP contribution is -2.34. The second-order valence-corrected chi connectivity index (χ2v) is 4.16. The van der Waals surface area contributed by atoms with Crippen molar-refractivity contribution in [3.05, 3.63) is 29.3 Å². The molecule has 1 amide bonds. The molecule has 0 aliphatic heterocycles. The highest BCUT2D eigenvalue weighted by atomic mass is 16.1. The van der Waals surface area contributed by atoms with Crippen LogP contribution in [0.1, 0.15) is 42.6 Å². The highest BCUT2D eigenvalue weighted by molar-refractivity contribution is 5.96. The second kappa shape index (κ2) is 6.25. The first kappa shape index (κ1) is 13.5. The van der Waals surface area contributed by atoms with E-state index in [1.54, 1.807) is 12.1 Å². The molecule has 0 aromatic heterocycles. The van der Waals surface area contributed by atoms with Gasteiger partial charge in [-0.25, -0.2) is 0 Å². The average Bonchev–Trinajstić information content (AvgIpc) is 2.35. The fourth-order valence-corrected chi connectivity index (χ4v) is 1.76. The minimum absolute atomic E-state index is 0.0141. The number of benzene rings is 1. The Kier molecular flexibility index (Phi) is 4.97. The number of rotatable bonds is 5. The maximum absolute atomic E-state index is 12.0. The first-order valence-corrected chi connectivity index (χ1v) is 6.00. The van der Waals surface area contributed by atoms with Gasteiger partial charge >= 0.3 is 0 Å². The van der Waals surface area contributed by atoms with Crippen LogP contribution >= 0.6 is 0 Å². The highest BCUT2D eigenvalue weighted by Gasteiger charge is 2.12. The van der Waals surface area contributed by atoms with Crippen LogP contribution < -0.4 is 16.6 Å². The Balaban J connectivity index is 2.82. The normalized spacial score (nSPS) is 10.4. The van der Waals surface area contributed by atoms with Crippen LogP contribution in [0.4, 0.5) is 5.69 Å². The second-order valence-electron chi connectivity index (χ2n) is 4.16. The number of nitrogens with one attached hydrogen (secondary N) is 2. The van der Waals surface area contributed by atoms with Gasteiger partial charge in [-0.05, 0) is 43.5 Å². The van der Waals surface area contributed by atoms with Crippen LogP contribution in [0.2, 0.25) is 0 Å². The van der Waals surface area contributed by atoms with Crippen molar-refractivity contribution >= 4 is 11.6 Å². The summed E-state index contributed by atoms with van der Waals surface area (Å²) in [6.07, 6.45) is 1.90. The summed E-state index contributed by atoms with van der Waals surface area (Å²) in [6, 6.07) is 5.70. The molecule has 4 heteroatoms. The van der Waals surface area contributed by atoms with Crippen molar-refractivity contribution in [3.8, 4) is 0 Å². The zero-order chi connectivity index (χ0) is 12.8. The van der Waals surface area contributed by atoms with Gasteiger partial charge in [-0.15, -0.1) is 0 Å². The highest BCUT2D eigenvalue weighted by Crippen LogP contribution is 2.14. The Bertz CT molecular complexity index is 386. The molecular formula is C13H21N3O. The van der Waals surface area contributed by atoms with Crippen LogP contribution in [0.3, 0.4) is 0 Å². The van der Waals surface area contributed by atoms with E-state index >= 15 is 0 Å². The van der Waals surface area contributed by atoms with Gasteiger partial charge in [0.1, 0.15) is 0 Å². The van der Waals surface area contributed by atoms with Gasteiger partial charge in [0.2, 0.25) is 0 Å². The van der Waals surface area contributed by atoms with Gasteiger partial charge in [-0.3, -0.25) is 10.6 Å². The van der Waals surface area contributed by atoms with E-state index in [0.29, 0.717) is 5.56 Å². The van der Waals surface area contributed by atoms with Crippen molar-refractivity contribution in [2.75, 3.05) is 5.43 Å². The summed E-state index contributed by atoms with van der Waals surface area (Å²) in [7, 11) is 0. The third-order valence-corrected chi connectivity index (χ3v) is 2.96. The standard InChI is InChI=1S/C13H21N3O/c1-4-10(5-2)15-13(17)12-7-6-11(16-14)8-9(12)3/h6-8,10,16H,4-5,14H2,1-3H3,(H,15,17). The maximum atomic E-state index is 12.0. The van der Waals surface area contributed by atoms with Crippen molar-refractivity contribution in [2.24, 2.45) is 5.84 Å². The third kappa shape index (κ3) is 3.46. The van der Waals surface area contributed by atoms with Crippen LogP contribution in [0.25, 0.3) is 0 Å². The molecule has 0 saturated carbocycles. The number of amides is 1. The van der Waals surface area contributed by atoms with Crippen molar-refractivity contribution in [3.63, 3.8) is 0 Å². The van der Waals surface area contributed by atoms with Gasteiger partial charge in [-0.1, -0.05) is 13.8 Å². The smallest absolute Gasteiger partial charge is 0.251 e. The van der Waals surface area contributed by atoms with Gasteiger partial charge in [0.05, 0.1) is 0 Å². The van der Waals surface area contributed by atoms with Crippen LogP contribution in [0.15, 0.2) is 18.2 Å². The van der Waals surface area contributed by atoms with E-state index in [0.717, 1.165) is 24.1 Å². The van der Waals surface area contributed by atoms with Gasteiger partial charge in [0, 0.05) is 17.3 Å². The molecule has 0 aliphatic carbocycles. The number of carbonyl (C=O) groups excluding carboxylic acids is 1. The minimum Gasteiger partial charge on any atom is -0.349 e. The number of hydrogen-bond acceptors (Lipinski definition) is 3. The van der Waals surface area contributed by atoms with Crippen molar-refractivity contribution in [1.82, 2.24) is 5.32 Å². The monoisotopic (exact) mass is 235 g/mol. The van der Waals surface area contributed by atoms with E-state index in [2.05, 4.69) is 24.6 Å². The van der Waals surface area contributed by atoms with Crippen molar-refractivity contribution < 1.29 is 4.79 Å². The topological polar surface area (TPSA) is 67.2 Å². The van der Waals surface area contributed by atoms with Crippen LogP contribution in [0, 0.1) is 6.92 Å². The van der Waals surface area contributed by atoms with Gasteiger partial charge in [0.15, 0.2) is 0 Å². The van der Waals surface area contributed by atoms with Crippen LogP contribution in [-0.4, -0.2) is 11.9 Å². The molecule has 0 fully saturated rings. The van der Waals surface area contributed by atoms with Crippen LogP contribution in [0.5, 0.6) is 0 Å². The number of nitrogens with two attached hydrogens (primary N) is 1. The molecule has 0 saturated heterocycles. The lowest BCUT2D eigenvalue weighted by atomic mass is 10.1. The van der Waals surface area contributed by atoms with E-state index in [4.69, 9.17) is 5.84 Å². The Morgan fingerprint density at radius 1 is 1.35 bits per heavy atom. The lowest BCUT2D eigenvalue weighted by Gasteiger charge is -2.16. The van der Waals surface area contributed by atoms with Gasteiger partial charge < -0.3 is 10.7 Å². The number of anilines is 1. The molecule has 1 rings (SSSR count). The fraction of sp³-hybridized carbons (Fsp3) is 0.462. The molecule has 1 aromatic carbocycles. The predicted octanol–water partition coefficient (Wildman–Crippen LogP) is 2.20. The molecule has 0 spiro atoms. The Morgan fingerprint density at radius 3 is 2.47 bits per heavy atom. The summed E-state index contributed by atoms with van der Waals surface area (Å²) < 4.78 is 0. The van der Waals surface area contributed by atoms with Gasteiger partial charge in [-0.2, -0.15) is 0 Å². The number of nitrogen functional groups attached to an aromatic ring is 1. The van der Waals surface area contributed by atoms with Crippen LogP contribution in [-0.2, 0) is 0 Å². The summed E-state index contributed by atoms with van der Waals surface area (Å²) in [5, 5.41) is 3.02. The van der Waals surface area contributed by atoms with E-state index in [-0.39, 0.29) is 11.9 Å². The number of hydrogen-bond donors (Lipinski definition) is 3. The molecule has 94 valence electrons. The Hall–Kier alpha value is -1.55. The Morgan fingerprint density at radius 2 is 2.00 bits per heavy atom. The predicted molar refractivity (Wildman–Crippen MR) is 70.8 cm³/mol. The van der Waals surface area contributed by atoms with Crippen molar-refractivity contribution in [2.45, 2.75) is 39.7 Å². The molecule has 0 aliphatic rings. The summed E-state index contributed by atoms with van der Waals surface area (Å²) in [6.45, 7) is 6.05. The summed E-state index contributed by atoms with van der Waals surface area (Å²) in [5.41, 5.74) is 5.00. The molecule has 0 bridgehead atoms.